The van der Waals surface area contributed by atoms with Crippen molar-refractivity contribution in [1.82, 2.24) is 0 Å². The Labute approximate surface area is 71.4 Å². The van der Waals surface area contributed by atoms with E-state index >= 15 is 0 Å². The molecule has 1 aromatic heterocycles. The molecule has 1 N–H and O–H groups in total. The maximum absolute atomic E-state index is 11.0. The molecule has 0 saturated carbocycles. The topological polar surface area (TPSA) is 63.6 Å². The van der Waals surface area contributed by atoms with Crippen molar-refractivity contribution in [2.75, 3.05) is 0 Å². The van der Waals surface area contributed by atoms with Gasteiger partial charge in [0.25, 0.3) is 6.29 Å². The van der Waals surface area contributed by atoms with Crippen LogP contribution >= 0.6 is 11.3 Å². The van der Waals surface area contributed by atoms with Crippen molar-refractivity contribution in [2.45, 2.75) is 6.29 Å². The highest BCUT2D eigenvalue weighted by Crippen LogP contribution is 2.34. The fourth-order valence-corrected chi connectivity index (χ4v) is 1.85. The number of carbonyl (C=O) groups is 2. The number of carbonyl (C=O) groups excluding carboxylic acids is 2. The molecule has 2 heterocycles. The van der Waals surface area contributed by atoms with Crippen molar-refractivity contribution >= 4 is 23.4 Å². The molecule has 0 radical (unpaired) electrons. The molecule has 4 nitrogen and oxygen atoms in total. The first-order valence-electron chi connectivity index (χ1n) is 3.20. The molecule has 12 heavy (non-hydrogen) atoms. The lowest BCUT2D eigenvalue weighted by molar-refractivity contribution is 0.00864. The first kappa shape index (κ1) is 7.45. The molecule has 0 aromatic carbocycles. The average Bonchev–Trinajstić information content (AvgIpc) is 2.55. The Hall–Kier alpha value is -1.20. The van der Waals surface area contributed by atoms with E-state index in [1.165, 1.54) is 6.07 Å². The zero-order valence-corrected chi connectivity index (χ0v) is 6.63. The van der Waals surface area contributed by atoms with Crippen LogP contribution < -0.4 is 4.74 Å². The van der Waals surface area contributed by atoms with Crippen LogP contribution in [-0.2, 0) is 0 Å². The zero-order chi connectivity index (χ0) is 8.72. The van der Waals surface area contributed by atoms with Crippen molar-refractivity contribution < 1.29 is 19.4 Å². The molecular formula is C7H4O4S. The van der Waals surface area contributed by atoms with Gasteiger partial charge in [0.15, 0.2) is 6.29 Å². The Bertz CT molecular complexity index is 354. The highest BCUT2D eigenvalue weighted by atomic mass is 32.1. The van der Waals surface area contributed by atoms with Crippen molar-refractivity contribution in [3.05, 3.63) is 15.8 Å². The van der Waals surface area contributed by atoms with E-state index in [1.54, 1.807) is 0 Å². The van der Waals surface area contributed by atoms with Gasteiger partial charge in [-0.1, -0.05) is 0 Å². The monoisotopic (exact) mass is 184 g/mol. The van der Waals surface area contributed by atoms with Crippen LogP contribution in [0.5, 0.6) is 5.75 Å². The van der Waals surface area contributed by atoms with Gasteiger partial charge in [-0.05, 0) is 0 Å². The maximum atomic E-state index is 11.0. The van der Waals surface area contributed by atoms with Gasteiger partial charge in [0, 0.05) is 6.07 Å². The fraction of sp³-hybridized carbons (Fsp3) is 0.143. The lowest BCUT2D eigenvalue weighted by Gasteiger charge is -1.98. The van der Waals surface area contributed by atoms with Crippen LogP contribution in [0, 0.1) is 0 Å². The van der Waals surface area contributed by atoms with Gasteiger partial charge in [-0.2, -0.15) is 0 Å². The largest absolute Gasteiger partial charge is 0.455 e. The maximum Gasteiger partial charge on any atom is 0.263 e. The third-order valence-electron chi connectivity index (χ3n) is 1.52. The Morgan fingerprint density at radius 2 is 2.42 bits per heavy atom. The molecule has 1 aliphatic heterocycles. The van der Waals surface area contributed by atoms with Gasteiger partial charge in [0.1, 0.15) is 10.6 Å². The Kier molecular flexibility index (Phi) is 1.49. The van der Waals surface area contributed by atoms with Gasteiger partial charge in [-0.25, -0.2) is 0 Å². The predicted molar refractivity (Wildman–Crippen MR) is 40.7 cm³/mol. The molecule has 1 unspecified atom stereocenters. The summed E-state index contributed by atoms with van der Waals surface area (Å²) in [7, 11) is 0. The molecule has 0 fully saturated rings. The molecule has 0 amide bonds. The number of aliphatic hydroxyl groups excluding tert-OH is 1. The van der Waals surface area contributed by atoms with Crippen molar-refractivity contribution in [3.63, 3.8) is 0 Å². The van der Waals surface area contributed by atoms with E-state index in [9.17, 15) is 9.59 Å². The highest BCUT2D eigenvalue weighted by Gasteiger charge is 2.33. The summed E-state index contributed by atoms with van der Waals surface area (Å²) in [6, 6.07) is 1.45. The number of aliphatic hydroxyl groups is 1. The number of rotatable bonds is 1. The Morgan fingerprint density at radius 3 is 3.00 bits per heavy atom. The second-order valence-corrected chi connectivity index (χ2v) is 3.38. The van der Waals surface area contributed by atoms with Gasteiger partial charge in [-0.3, -0.25) is 9.59 Å². The normalized spacial score (nSPS) is 20.4. The van der Waals surface area contributed by atoms with E-state index < -0.39 is 12.1 Å². The molecule has 0 saturated heterocycles. The van der Waals surface area contributed by atoms with Gasteiger partial charge >= 0.3 is 0 Å². The second-order valence-electron chi connectivity index (χ2n) is 2.29. The molecule has 1 aliphatic rings. The molecule has 5 heteroatoms. The van der Waals surface area contributed by atoms with Gasteiger partial charge in [0.05, 0.1) is 4.88 Å². The molecule has 0 bridgehead atoms. The SMILES string of the molecule is O=Cc1cc2c(s1)C(=O)C(O)O2. The lowest BCUT2D eigenvalue weighted by atomic mass is 10.3. The summed E-state index contributed by atoms with van der Waals surface area (Å²) in [5.74, 6) is -0.164. The van der Waals surface area contributed by atoms with Crippen LogP contribution in [0.1, 0.15) is 19.3 Å². The van der Waals surface area contributed by atoms with Crippen LogP contribution in [0.15, 0.2) is 6.07 Å². The van der Waals surface area contributed by atoms with Crippen LogP contribution in [0.25, 0.3) is 0 Å². The number of ether oxygens (including phenoxy) is 1. The average molecular weight is 184 g/mol. The molecular weight excluding hydrogens is 180 g/mol. The standard InChI is InChI=1S/C7H4O4S/c8-2-3-1-4-6(12-3)5(9)7(10)11-4/h1-2,7,10H. The fourth-order valence-electron chi connectivity index (χ4n) is 0.996. The van der Waals surface area contributed by atoms with E-state index in [0.717, 1.165) is 11.3 Å². The van der Waals surface area contributed by atoms with E-state index in [2.05, 4.69) is 0 Å². The smallest absolute Gasteiger partial charge is 0.263 e. The number of aldehydes is 1. The minimum Gasteiger partial charge on any atom is -0.455 e. The first-order chi connectivity index (χ1) is 5.72. The quantitative estimate of drug-likeness (QED) is 0.644. The molecule has 2 rings (SSSR count). The minimum atomic E-state index is -1.38. The van der Waals surface area contributed by atoms with Crippen molar-refractivity contribution in [1.29, 1.82) is 0 Å². The van der Waals surface area contributed by atoms with Gasteiger partial charge in [0.2, 0.25) is 5.78 Å². The molecule has 1 aromatic rings. The number of hydrogen-bond acceptors (Lipinski definition) is 5. The van der Waals surface area contributed by atoms with Crippen molar-refractivity contribution in [3.8, 4) is 5.75 Å². The number of thiophene rings is 1. The second kappa shape index (κ2) is 2.40. The van der Waals surface area contributed by atoms with E-state index in [-0.39, 0.29) is 0 Å². The summed E-state index contributed by atoms with van der Waals surface area (Å²) in [6.07, 6.45) is -0.738. The van der Waals surface area contributed by atoms with Crippen molar-refractivity contribution in [2.24, 2.45) is 0 Å². The minimum absolute atomic E-state index is 0.305. The van der Waals surface area contributed by atoms with Crippen LogP contribution in [0.3, 0.4) is 0 Å². The van der Waals surface area contributed by atoms with E-state index in [1.807, 2.05) is 0 Å². The molecule has 62 valence electrons. The highest BCUT2D eigenvalue weighted by molar-refractivity contribution is 7.16. The van der Waals surface area contributed by atoms with Gasteiger partial charge < -0.3 is 9.84 Å². The summed E-state index contributed by atoms with van der Waals surface area (Å²) in [6.45, 7) is 0. The Morgan fingerprint density at radius 1 is 1.67 bits per heavy atom. The summed E-state index contributed by atoms with van der Waals surface area (Å²) < 4.78 is 4.76. The first-order valence-corrected chi connectivity index (χ1v) is 4.02. The molecule has 0 aliphatic carbocycles. The van der Waals surface area contributed by atoms with E-state index in [4.69, 9.17) is 9.84 Å². The Balaban J connectivity index is 2.49. The summed E-state index contributed by atoms with van der Waals surface area (Å²) >= 11 is 1.03. The van der Waals surface area contributed by atoms with Crippen LogP contribution in [0.2, 0.25) is 0 Å². The predicted octanol–water partition coefficient (Wildman–Crippen LogP) is 0.454. The van der Waals surface area contributed by atoms with Crippen LogP contribution in [-0.4, -0.2) is 23.5 Å². The summed E-state index contributed by atoms with van der Waals surface area (Å²) in [5.41, 5.74) is 0. The van der Waals surface area contributed by atoms with Gasteiger partial charge in [-0.15, -0.1) is 11.3 Å². The van der Waals surface area contributed by atoms with Crippen LogP contribution in [0.4, 0.5) is 0 Å². The third kappa shape index (κ3) is 0.870. The van der Waals surface area contributed by atoms with E-state index in [0.29, 0.717) is 21.8 Å². The molecule has 0 spiro atoms. The number of hydrogen-bond donors (Lipinski definition) is 1. The number of fused-ring (bicyclic) bond motifs is 1. The lowest BCUT2D eigenvalue weighted by Crippen LogP contribution is -2.18. The number of ketones is 1. The summed E-state index contributed by atoms with van der Waals surface area (Å²) in [4.78, 5) is 22.1. The number of Topliss-reactive ketones (excluding diaryl/α,β-unsaturated/α-hetero) is 1. The third-order valence-corrected chi connectivity index (χ3v) is 2.58. The molecule has 1 atom stereocenters. The summed E-state index contributed by atoms with van der Waals surface area (Å²) in [5, 5.41) is 8.92. The zero-order valence-electron chi connectivity index (χ0n) is 5.81.